The largest absolute Gasteiger partial charge is 0.391 e. The van der Waals surface area contributed by atoms with E-state index in [1.54, 1.807) is 6.92 Å². The van der Waals surface area contributed by atoms with E-state index in [1.165, 1.54) is 0 Å². The van der Waals surface area contributed by atoms with E-state index in [-0.39, 0.29) is 35.0 Å². The number of rotatable bonds is 1. The van der Waals surface area contributed by atoms with Crippen LogP contribution in [0.15, 0.2) is 0 Å². The molecule has 68 valence electrons. The number of halogens is 1. The first kappa shape index (κ1) is 8.52. The summed E-state index contributed by atoms with van der Waals surface area (Å²) in [6.07, 6.45) is 1.43. The van der Waals surface area contributed by atoms with Crippen LogP contribution in [0.5, 0.6) is 0 Å². The molecule has 1 N–H and O–H groups in total. The van der Waals surface area contributed by atoms with Crippen molar-refractivity contribution in [1.29, 1.82) is 0 Å². The Morgan fingerprint density at radius 1 is 1.50 bits per heavy atom. The van der Waals surface area contributed by atoms with E-state index in [0.29, 0.717) is 0 Å². The first-order valence-corrected chi connectivity index (χ1v) is 4.87. The van der Waals surface area contributed by atoms with Crippen LogP contribution in [0.25, 0.3) is 0 Å². The third-order valence-corrected chi connectivity index (χ3v) is 3.97. The van der Waals surface area contributed by atoms with Crippen molar-refractivity contribution in [3.8, 4) is 0 Å². The molecule has 0 amide bonds. The van der Waals surface area contributed by atoms with E-state index in [1.807, 2.05) is 0 Å². The standard InChI is InChI=1S/C9H13ClO2/c1-4(11)6-2-5-3-7(6)8(10)9(5)12/h5-9,12H,2-3H2,1H3/t5-,6-,7-,8+,9+/m0/s1. The van der Waals surface area contributed by atoms with Crippen LogP contribution in [0.3, 0.4) is 0 Å². The van der Waals surface area contributed by atoms with Gasteiger partial charge in [0.2, 0.25) is 0 Å². The minimum absolute atomic E-state index is 0.126. The summed E-state index contributed by atoms with van der Waals surface area (Å²) in [5, 5.41) is 9.36. The molecule has 0 heterocycles. The van der Waals surface area contributed by atoms with Gasteiger partial charge in [-0.1, -0.05) is 0 Å². The van der Waals surface area contributed by atoms with Gasteiger partial charge < -0.3 is 5.11 Å². The molecule has 0 spiro atoms. The maximum atomic E-state index is 11.1. The molecule has 0 aromatic carbocycles. The van der Waals surface area contributed by atoms with Crippen LogP contribution in [0.4, 0.5) is 0 Å². The molecule has 5 atom stereocenters. The molecule has 2 nitrogen and oxygen atoms in total. The fourth-order valence-electron chi connectivity index (χ4n) is 2.72. The molecule has 2 bridgehead atoms. The Morgan fingerprint density at radius 2 is 2.17 bits per heavy atom. The van der Waals surface area contributed by atoms with Gasteiger partial charge in [0.05, 0.1) is 11.5 Å². The highest BCUT2D eigenvalue weighted by Gasteiger charge is 2.52. The number of hydrogen-bond acceptors (Lipinski definition) is 2. The highest BCUT2D eigenvalue weighted by atomic mass is 35.5. The predicted octanol–water partition coefficient (Wildman–Crippen LogP) is 1.20. The van der Waals surface area contributed by atoms with Gasteiger partial charge in [-0.05, 0) is 31.6 Å². The number of aliphatic hydroxyl groups is 1. The van der Waals surface area contributed by atoms with Crippen LogP contribution in [0, 0.1) is 17.8 Å². The Labute approximate surface area is 76.9 Å². The number of Topliss-reactive ketones (excluding diaryl/α,β-unsaturated/α-hetero) is 1. The van der Waals surface area contributed by atoms with Crippen molar-refractivity contribution in [2.75, 3.05) is 0 Å². The average Bonchev–Trinajstić information content (AvgIpc) is 2.53. The van der Waals surface area contributed by atoms with Gasteiger partial charge in [-0.3, -0.25) is 4.79 Å². The molecular formula is C9H13ClO2. The third kappa shape index (κ3) is 1.01. The lowest BCUT2D eigenvalue weighted by atomic mass is 9.84. The van der Waals surface area contributed by atoms with Gasteiger partial charge in [0.25, 0.3) is 0 Å². The number of ketones is 1. The number of alkyl halides is 1. The SMILES string of the molecule is CC(=O)[C@@H]1C[C@H]2C[C@@H]1[C@@H](Cl)[C@@H]2O. The van der Waals surface area contributed by atoms with Gasteiger partial charge in [0, 0.05) is 5.92 Å². The molecular weight excluding hydrogens is 176 g/mol. The Balaban J connectivity index is 2.15. The van der Waals surface area contributed by atoms with Crippen LogP contribution in [-0.2, 0) is 4.79 Å². The molecule has 0 aliphatic heterocycles. The van der Waals surface area contributed by atoms with Gasteiger partial charge in [-0.2, -0.15) is 0 Å². The van der Waals surface area contributed by atoms with E-state index >= 15 is 0 Å². The smallest absolute Gasteiger partial charge is 0.133 e. The highest BCUT2D eigenvalue weighted by Crippen LogP contribution is 2.50. The maximum absolute atomic E-state index is 11.1. The van der Waals surface area contributed by atoms with Gasteiger partial charge in [-0.25, -0.2) is 0 Å². The van der Waals surface area contributed by atoms with Crippen molar-refractivity contribution in [2.24, 2.45) is 17.8 Å². The Morgan fingerprint density at radius 3 is 2.58 bits per heavy atom. The summed E-state index contributed by atoms with van der Waals surface area (Å²) in [6, 6.07) is 0. The van der Waals surface area contributed by atoms with Crippen LogP contribution in [-0.4, -0.2) is 22.4 Å². The number of hydrogen-bond donors (Lipinski definition) is 1. The summed E-state index contributed by atoms with van der Waals surface area (Å²) in [7, 11) is 0. The van der Waals surface area contributed by atoms with Crippen molar-refractivity contribution in [3.05, 3.63) is 0 Å². The van der Waals surface area contributed by atoms with Crippen LogP contribution < -0.4 is 0 Å². The number of carbonyl (C=O) groups is 1. The average molecular weight is 189 g/mol. The van der Waals surface area contributed by atoms with Crippen molar-refractivity contribution in [3.63, 3.8) is 0 Å². The van der Waals surface area contributed by atoms with E-state index in [0.717, 1.165) is 12.8 Å². The summed E-state index contributed by atoms with van der Waals surface area (Å²) in [5.74, 6) is 0.886. The summed E-state index contributed by atoms with van der Waals surface area (Å²) in [4.78, 5) is 11.1. The summed E-state index contributed by atoms with van der Waals surface area (Å²) >= 11 is 6.00. The van der Waals surface area contributed by atoms with Gasteiger partial charge in [0.15, 0.2) is 0 Å². The van der Waals surface area contributed by atoms with Crippen molar-refractivity contribution in [2.45, 2.75) is 31.2 Å². The second kappa shape index (κ2) is 2.71. The van der Waals surface area contributed by atoms with Crippen molar-refractivity contribution < 1.29 is 9.90 Å². The second-order valence-corrected chi connectivity index (χ2v) is 4.55. The molecule has 2 saturated carbocycles. The lowest BCUT2D eigenvalue weighted by Crippen LogP contribution is -2.35. The fourth-order valence-corrected chi connectivity index (χ4v) is 3.21. The molecule has 0 saturated heterocycles. The van der Waals surface area contributed by atoms with Crippen LogP contribution >= 0.6 is 11.6 Å². The second-order valence-electron chi connectivity index (χ2n) is 4.05. The molecule has 0 radical (unpaired) electrons. The first-order valence-electron chi connectivity index (χ1n) is 4.44. The molecule has 2 rings (SSSR count). The fraction of sp³-hybridized carbons (Fsp3) is 0.889. The quantitative estimate of drug-likeness (QED) is 0.628. The zero-order valence-corrected chi connectivity index (χ0v) is 7.79. The first-order chi connectivity index (χ1) is 5.61. The summed E-state index contributed by atoms with van der Waals surface area (Å²) in [6.45, 7) is 1.63. The zero-order chi connectivity index (χ0) is 8.88. The van der Waals surface area contributed by atoms with E-state index < -0.39 is 0 Å². The van der Waals surface area contributed by atoms with E-state index in [4.69, 9.17) is 11.6 Å². The number of carbonyl (C=O) groups excluding carboxylic acids is 1. The molecule has 3 heteroatoms. The molecule has 0 aromatic rings. The molecule has 2 aliphatic carbocycles. The lowest BCUT2D eigenvalue weighted by molar-refractivity contribution is -0.122. The molecule has 2 aliphatic rings. The van der Waals surface area contributed by atoms with Crippen LogP contribution in [0.2, 0.25) is 0 Å². The lowest BCUT2D eigenvalue weighted by Gasteiger charge is -2.27. The van der Waals surface area contributed by atoms with Crippen LogP contribution in [0.1, 0.15) is 19.8 Å². The summed E-state index contributed by atoms with van der Waals surface area (Å²) in [5.41, 5.74) is 0. The normalized spacial score (nSPS) is 51.4. The Hall–Kier alpha value is -0.0800. The zero-order valence-electron chi connectivity index (χ0n) is 7.03. The van der Waals surface area contributed by atoms with Gasteiger partial charge >= 0.3 is 0 Å². The van der Waals surface area contributed by atoms with Crippen molar-refractivity contribution >= 4 is 17.4 Å². The van der Waals surface area contributed by atoms with Gasteiger partial charge in [-0.15, -0.1) is 11.6 Å². The predicted molar refractivity (Wildman–Crippen MR) is 46.0 cm³/mol. The molecule has 0 unspecified atom stereocenters. The highest BCUT2D eigenvalue weighted by molar-refractivity contribution is 6.21. The molecule has 0 aromatic heterocycles. The molecule has 12 heavy (non-hydrogen) atoms. The maximum Gasteiger partial charge on any atom is 0.133 e. The number of aliphatic hydroxyl groups excluding tert-OH is 1. The monoisotopic (exact) mass is 188 g/mol. The van der Waals surface area contributed by atoms with Crippen molar-refractivity contribution in [1.82, 2.24) is 0 Å². The van der Waals surface area contributed by atoms with E-state index in [9.17, 15) is 9.90 Å². The third-order valence-electron chi connectivity index (χ3n) is 3.39. The number of fused-ring (bicyclic) bond motifs is 2. The van der Waals surface area contributed by atoms with E-state index in [2.05, 4.69) is 0 Å². The minimum atomic E-state index is -0.368. The topological polar surface area (TPSA) is 37.3 Å². The van der Waals surface area contributed by atoms with Gasteiger partial charge in [0.1, 0.15) is 5.78 Å². The molecule has 2 fully saturated rings. The Kier molecular flexibility index (Phi) is 1.92. The minimum Gasteiger partial charge on any atom is -0.391 e. The Bertz CT molecular complexity index is 215. The summed E-state index contributed by atoms with van der Waals surface area (Å²) < 4.78 is 0.